The summed E-state index contributed by atoms with van der Waals surface area (Å²) in [7, 11) is -3.99. The molecule has 0 aromatic rings. The number of hydrogen-bond donors (Lipinski definition) is 0. The molecule has 0 radical (unpaired) electrons. The average Bonchev–Trinajstić information content (AvgIpc) is 1.85. The van der Waals surface area contributed by atoms with E-state index in [2.05, 4.69) is 6.58 Å². The van der Waals surface area contributed by atoms with Crippen molar-refractivity contribution < 1.29 is 42.5 Å². The molecule has 0 amide bonds. The molecule has 66 valence electrons. The van der Waals surface area contributed by atoms with Crippen LogP contribution >= 0.6 is 0 Å². The Balaban J connectivity index is 0. The van der Waals surface area contributed by atoms with E-state index in [1.54, 1.807) is 6.08 Å². The van der Waals surface area contributed by atoms with Gasteiger partial charge in [-0.25, -0.2) is 8.42 Å². The molecule has 0 aliphatic heterocycles. The first kappa shape index (κ1) is 15.1. The molecule has 0 aromatic heterocycles. The summed E-state index contributed by atoms with van der Waals surface area (Å²) in [5, 5.41) is 0. The molecule has 0 atom stereocenters. The third kappa shape index (κ3) is 13.3. The summed E-state index contributed by atoms with van der Waals surface area (Å²) in [6.07, 6.45) is 4.84. The second-order valence-electron chi connectivity index (χ2n) is 2.40. The van der Waals surface area contributed by atoms with Crippen molar-refractivity contribution in [3.63, 3.8) is 0 Å². The SMILES string of the molecule is C=CCCCCCS(=O)(=O)[O-].[Na+]. The molecule has 0 saturated heterocycles. The Hall–Kier alpha value is 0.650. The molecule has 0 aliphatic rings. The molecule has 0 bridgehead atoms. The van der Waals surface area contributed by atoms with Crippen LogP contribution in [0.1, 0.15) is 25.7 Å². The minimum atomic E-state index is -3.99. The molecule has 0 unspecified atom stereocenters. The Morgan fingerprint density at radius 3 is 2.25 bits per heavy atom. The van der Waals surface area contributed by atoms with Gasteiger partial charge in [0.25, 0.3) is 0 Å². The number of allylic oxidation sites excluding steroid dienone is 1. The predicted molar refractivity (Wildman–Crippen MR) is 43.2 cm³/mol. The van der Waals surface area contributed by atoms with Gasteiger partial charge in [0, 0.05) is 5.75 Å². The van der Waals surface area contributed by atoms with E-state index >= 15 is 0 Å². The Labute approximate surface area is 96.3 Å². The van der Waals surface area contributed by atoms with E-state index in [0.717, 1.165) is 19.3 Å². The molecule has 0 N–H and O–H groups in total. The van der Waals surface area contributed by atoms with E-state index in [-0.39, 0.29) is 35.3 Å². The van der Waals surface area contributed by atoms with Crippen LogP contribution in [0.4, 0.5) is 0 Å². The van der Waals surface area contributed by atoms with Crippen LogP contribution < -0.4 is 29.6 Å². The van der Waals surface area contributed by atoms with E-state index in [0.29, 0.717) is 6.42 Å². The molecule has 12 heavy (non-hydrogen) atoms. The Kier molecular flexibility index (Phi) is 10.4. The summed E-state index contributed by atoms with van der Waals surface area (Å²) in [5.74, 6) is -0.232. The average molecular weight is 200 g/mol. The fraction of sp³-hybridized carbons (Fsp3) is 0.714. The molecular formula is C7H13NaO3S. The van der Waals surface area contributed by atoms with Gasteiger partial charge in [-0.05, 0) is 19.3 Å². The fourth-order valence-corrected chi connectivity index (χ4v) is 1.30. The summed E-state index contributed by atoms with van der Waals surface area (Å²) < 4.78 is 30.3. The van der Waals surface area contributed by atoms with Gasteiger partial charge < -0.3 is 4.55 Å². The molecule has 0 spiro atoms. The van der Waals surface area contributed by atoms with Crippen LogP contribution in [-0.2, 0) is 10.1 Å². The van der Waals surface area contributed by atoms with Crippen molar-refractivity contribution in [3.8, 4) is 0 Å². The fourth-order valence-electron chi connectivity index (χ4n) is 0.744. The molecule has 0 heterocycles. The molecule has 0 aliphatic carbocycles. The second-order valence-corrected chi connectivity index (χ2v) is 3.92. The predicted octanol–water partition coefficient (Wildman–Crippen LogP) is -1.72. The van der Waals surface area contributed by atoms with Crippen LogP contribution in [0.15, 0.2) is 12.7 Å². The molecule has 0 saturated carbocycles. The van der Waals surface area contributed by atoms with Gasteiger partial charge in [-0.15, -0.1) is 6.58 Å². The normalized spacial score (nSPS) is 10.4. The maximum Gasteiger partial charge on any atom is 1.00 e. The van der Waals surface area contributed by atoms with Crippen LogP contribution in [0, 0.1) is 0 Å². The van der Waals surface area contributed by atoms with Crippen molar-refractivity contribution >= 4 is 10.1 Å². The van der Waals surface area contributed by atoms with Crippen LogP contribution in [0.2, 0.25) is 0 Å². The van der Waals surface area contributed by atoms with E-state index in [4.69, 9.17) is 0 Å². The van der Waals surface area contributed by atoms with Crippen molar-refractivity contribution in [1.29, 1.82) is 0 Å². The molecule has 0 rings (SSSR count). The minimum absolute atomic E-state index is 0. The largest absolute Gasteiger partial charge is 1.00 e. The number of unbranched alkanes of at least 4 members (excludes halogenated alkanes) is 3. The first-order chi connectivity index (χ1) is 5.06. The third-order valence-corrected chi connectivity index (χ3v) is 2.09. The van der Waals surface area contributed by atoms with Crippen molar-refractivity contribution in [2.75, 3.05) is 5.75 Å². The van der Waals surface area contributed by atoms with Gasteiger partial charge in [-0.3, -0.25) is 0 Å². The summed E-state index contributed by atoms with van der Waals surface area (Å²) in [6.45, 7) is 3.53. The maximum atomic E-state index is 10.1. The Morgan fingerprint density at radius 1 is 1.25 bits per heavy atom. The van der Waals surface area contributed by atoms with Gasteiger partial charge in [-0.1, -0.05) is 12.5 Å². The summed E-state index contributed by atoms with van der Waals surface area (Å²) in [4.78, 5) is 0. The van der Waals surface area contributed by atoms with Crippen molar-refractivity contribution in [2.24, 2.45) is 0 Å². The van der Waals surface area contributed by atoms with Crippen molar-refractivity contribution in [2.45, 2.75) is 25.7 Å². The van der Waals surface area contributed by atoms with Crippen LogP contribution in [0.5, 0.6) is 0 Å². The van der Waals surface area contributed by atoms with Crippen LogP contribution in [-0.4, -0.2) is 18.7 Å². The zero-order valence-electron chi connectivity index (χ0n) is 7.45. The molecule has 0 fully saturated rings. The van der Waals surface area contributed by atoms with Gasteiger partial charge >= 0.3 is 29.6 Å². The molecule has 0 aromatic carbocycles. The minimum Gasteiger partial charge on any atom is -0.748 e. The summed E-state index contributed by atoms with van der Waals surface area (Å²) in [5.41, 5.74) is 0. The van der Waals surface area contributed by atoms with Crippen molar-refractivity contribution in [3.05, 3.63) is 12.7 Å². The van der Waals surface area contributed by atoms with E-state index in [9.17, 15) is 13.0 Å². The van der Waals surface area contributed by atoms with E-state index in [1.165, 1.54) is 0 Å². The molecule has 5 heteroatoms. The van der Waals surface area contributed by atoms with Gasteiger partial charge in [0.15, 0.2) is 0 Å². The standard InChI is InChI=1S/C7H14O3S.Na/c1-2-3-4-5-6-7-11(8,9)10;/h2H,1,3-7H2,(H,8,9,10);/q;+1/p-1. The van der Waals surface area contributed by atoms with E-state index < -0.39 is 10.1 Å². The van der Waals surface area contributed by atoms with Gasteiger partial charge in [-0.2, -0.15) is 0 Å². The van der Waals surface area contributed by atoms with Crippen LogP contribution in [0.25, 0.3) is 0 Å². The monoisotopic (exact) mass is 200 g/mol. The van der Waals surface area contributed by atoms with Crippen molar-refractivity contribution in [1.82, 2.24) is 0 Å². The molecule has 3 nitrogen and oxygen atoms in total. The Bertz CT molecular complexity index is 199. The van der Waals surface area contributed by atoms with E-state index in [1.807, 2.05) is 0 Å². The smallest absolute Gasteiger partial charge is 0.748 e. The molecular weight excluding hydrogens is 187 g/mol. The van der Waals surface area contributed by atoms with Gasteiger partial charge in [0.2, 0.25) is 0 Å². The zero-order chi connectivity index (χ0) is 8.74. The van der Waals surface area contributed by atoms with Gasteiger partial charge in [0.05, 0.1) is 10.1 Å². The zero-order valence-corrected chi connectivity index (χ0v) is 10.3. The first-order valence-corrected chi connectivity index (χ1v) is 5.18. The topological polar surface area (TPSA) is 57.2 Å². The van der Waals surface area contributed by atoms with Gasteiger partial charge in [0.1, 0.15) is 0 Å². The number of hydrogen-bond acceptors (Lipinski definition) is 3. The first-order valence-electron chi connectivity index (χ1n) is 3.61. The quantitative estimate of drug-likeness (QED) is 0.222. The summed E-state index contributed by atoms with van der Waals surface area (Å²) in [6, 6.07) is 0. The summed E-state index contributed by atoms with van der Waals surface area (Å²) >= 11 is 0. The van der Waals surface area contributed by atoms with Crippen LogP contribution in [0.3, 0.4) is 0 Å². The second kappa shape index (κ2) is 8.26. The Morgan fingerprint density at radius 2 is 1.83 bits per heavy atom. The third-order valence-electron chi connectivity index (χ3n) is 1.30. The maximum absolute atomic E-state index is 10.1. The number of rotatable bonds is 6.